The molecule has 1 aliphatic heterocycles. The fraction of sp³-hybridized carbons (Fsp3) is 0.480. The zero-order valence-corrected chi connectivity index (χ0v) is 18.4. The minimum atomic E-state index is -0.920. The first-order valence-corrected chi connectivity index (χ1v) is 11.1. The first-order chi connectivity index (χ1) is 14.9. The Kier molecular flexibility index (Phi) is 8.04. The van der Waals surface area contributed by atoms with Gasteiger partial charge in [0.15, 0.2) is 0 Å². The fourth-order valence-electron chi connectivity index (χ4n) is 4.05. The first kappa shape index (κ1) is 23.2. The molecule has 31 heavy (non-hydrogen) atoms. The summed E-state index contributed by atoms with van der Waals surface area (Å²) in [6, 6.07) is 13.8. The van der Waals surface area contributed by atoms with Gasteiger partial charge in [-0.2, -0.15) is 0 Å². The molecule has 0 aliphatic carbocycles. The molecule has 1 heterocycles. The Morgan fingerprint density at radius 3 is 2.77 bits per heavy atom. The highest BCUT2D eigenvalue weighted by Crippen LogP contribution is 2.31. The molecule has 2 N–H and O–H groups in total. The maximum atomic E-state index is 13.5. The molecule has 0 radical (unpaired) electrons. The van der Waals surface area contributed by atoms with Crippen LogP contribution in [0.2, 0.25) is 0 Å². The van der Waals surface area contributed by atoms with E-state index in [4.69, 9.17) is 4.74 Å². The van der Waals surface area contributed by atoms with E-state index in [2.05, 4.69) is 12.2 Å². The van der Waals surface area contributed by atoms with Crippen molar-refractivity contribution in [3.05, 3.63) is 59.9 Å². The predicted octanol–water partition coefficient (Wildman–Crippen LogP) is 4.54. The molecule has 3 rings (SSSR count). The van der Waals surface area contributed by atoms with Crippen LogP contribution in [0.5, 0.6) is 5.75 Å². The molecule has 5 nitrogen and oxygen atoms in total. The van der Waals surface area contributed by atoms with Gasteiger partial charge in [0.1, 0.15) is 23.3 Å². The van der Waals surface area contributed by atoms with Crippen LogP contribution in [0.25, 0.3) is 0 Å². The molecule has 168 valence electrons. The average molecular weight is 429 g/mol. The number of anilines is 1. The van der Waals surface area contributed by atoms with Crippen molar-refractivity contribution in [2.24, 2.45) is 0 Å². The zero-order valence-electron chi connectivity index (χ0n) is 18.4. The van der Waals surface area contributed by atoms with Crippen molar-refractivity contribution in [3.63, 3.8) is 0 Å². The van der Waals surface area contributed by atoms with Crippen LogP contribution < -0.4 is 10.1 Å². The summed E-state index contributed by atoms with van der Waals surface area (Å²) >= 11 is 0. The third kappa shape index (κ3) is 6.52. The van der Waals surface area contributed by atoms with Gasteiger partial charge in [0.25, 0.3) is 0 Å². The highest BCUT2D eigenvalue weighted by Gasteiger charge is 2.43. The molecule has 0 spiro atoms. The predicted molar refractivity (Wildman–Crippen MR) is 121 cm³/mol. The lowest BCUT2D eigenvalue weighted by Crippen LogP contribution is -2.58. The molecule has 1 saturated heterocycles. The molecule has 0 bridgehead atoms. The van der Waals surface area contributed by atoms with Gasteiger partial charge in [0.2, 0.25) is 5.91 Å². The van der Waals surface area contributed by atoms with E-state index in [9.17, 15) is 14.3 Å². The standard InChI is InChI=1S/C25H33FN2O3/c1-3-4-8-13-25(30)14-15-28(17-23(25)31-21-9-6-5-7-10-21)18-24(29)27-22-16-20(26)12-11-19(22)2/h5-7,9-12,16,23,30H,3-4,8,13-15,17-18H2,1-2H3,(H,27,29)/t23-,25-/m0/s1. The van der Waals surface area contributed by atoms with Gasteiger partial charge in [-0.05, 0) is 49.6 Å². The number of carbonyl (C=O) groups excluding carboxylic acids is 1. The number of para-hydroxylation sites is 1. The molecule has 0 unspecified atom stereocenters. The quantitative estimate of drug-likeness (QED) is 0.576. The van der Waals surface area contributed by atoms with E-state index < -0.39 is 11.7 Å². The number of nitrogens with zero attached hydrogens (tertiary/aromatic N) is 1. The topological polar surface area (TPSA) is 61.8 Å². The minimum absolute atomic E-state index is 0.162. The third-order valence-electron chi connectivity index (χ3n) is 5.96. The van der Waals surface area contributed by atoms with E-state index in [-0.39, 0.29) is 18.3 Å². The highest BCUT2D eigenvalue weighted by atomic mass is 19.1. The van der Waals surface area contributed by atoms with E-state index in [0.29, 0.717) is 37.4 Å². The summed E-state index contributed by atoms with van der Waals surface area (Å²) < 4.78 is 19.7. The molecule has 0 aromatic heterocycles. The van der Waals surface area contributed by atoms with Gasteiger partial charge >= 0.3 is 0 Å². The van der Waals surface area contributed by atoms with Crippen molar-refractivity contribution in [1.29, 1.82) is 0 Å². The van der Waals surface area contributed by atoms with Gasteiger partial charge in [-0.1, -0.05) is 50.5 Å². The molecule has 1 aliphatic rings. The number of likely N-dealkylation sites (tertiary alicyclic amines) is 1. The van der Waals surface area contributed by atoms with Crippen LogP contribution in [0.1, 0.15) is 44.6 Å². The molecule has 1 fully saturated rings. The van der Waals surface area contributed by atoms with Crippen LogP contribution in [0.15, 0.2) is 48.5 Å². The van der Waals surface area contributed by atoms with Crippen molar-refractivity contribution in [3.8, 4) is 5.75 Å². The van der Waals surface area contributed by atoms with Gasteiger partial charge in [0, 0.05) is 18.8 Å². The molecular weight excluding hydrogens is 395 g/mol. The summed E-state index contributed by atoms with van der Waals surface area (Å²) in [5.74, 6) is 0.124. The summed E-state index contributed by atoms with van der Waals surface area (Å²) in [7, 11) is 0. The number of rotatable bonds is 9. The first-order valence-electron chi connectivity index (χ1n) is 11.1. The second-order valence-corrected chi connectivity index (χ2v) is 8.47. The largest absolute Gasteiger partial charge is 0.486 e. The average Bonchev–Trinajstić information content (AvgIpc) is 2.74. The number of carbonyl (C=O) groups is 1. The van der Waals surface area contributed by atoms with Crippen molar-refractivity contribution >= 4 is 11.6 Å². The van der Waals surface area contributed by atoms with Crippen LogP contribution in [-0.2, 0) is 4.79 Å². The SMILES string of the molecule is CCCCC[C@]1(O)CCN(CC(=O)Nc2cc(F)ccc2C)C[C@@H]1Oc1ccccc1. The van der Waals surface area contributed by atoms with Crippen molar-refractivity contribution in [2.75, 3.05) is 25.0 Å². The van der Waals surface area contributed by atoms with E-state index in [1.165, 1.54) is 12.1 Å². The lowest BCUT2D eigenvalue weighted by molar-refractivity contribution is -0.127. The molecule has 0 saturated carbocycles. The van der Waals surface area contributed by atoms with E-state index >= 15 is 0 Å². The molecule has 6 heteroatoms. The number of nitrogens with one attached hydrogen (secondary N) is 1. The van der Waals surface area contributed by atoms with Crippen LogP contribution in [0.4, 0.5) is 10.1 Å². The number of aryl methyl sites for hydroxylation is 1. The number of unbranched alkanes of at least 4 members (excludes halogenated alkanes) is 2. The lowest BCUT2D eigenvalue weighted by Gasteiger charge is -2.44. The second-order valence-electron chi connectivity index (χ2n) is 8.47. The number of benzene rings is 2. The van der Waals surface area contributed by atoms with Crippen LogP contribution in [-0.4, -0.2) is 47.3 Å². The van der Waals surface area contributed by atoms with Gasteiger partial charge in [-0.3, -0.25) is 9.69 Å². The fourth-order valence-corrected chi connectivity index (χ4v) is 4.05. The summed E-state index contributed by atoms with van der Waals surface area (Å²) in [5.41, 5.74) is 0.371. The van der Waals surface area contributed by atoms with Crippen molar-refractivity contribution < 1.29 is 19.0 Å². The number of aliphatic hydroxyl groups is 1. The molecule has 1 amide bonds. The maximum Gasteiger partial charge on any atom is 0.238 e. The van der Waals surface area contributed by atoms with Crippen LogP contribution >= 0.6 is 0 Å². The summed E-state index contributed by atoms with van der Waals surface area (Å²) in [6.45, 7) is 5.19. The number of halogens is 1. The van der Waals surface area contributed by atoms with Crippen LogP contribution in [0.3, 0.4) is 0 Å². The lowest BCUT2D eigenvalue weighted by atomic mass is 9.83. The number of piperidine rings is 1. The third-order valence-corrected chi connectivity index (χ3v) is 5.96. The summed E-state index contributed by atoms with van der Waals surface area (Å²) in [5, 5.41) is 14.2. The number of hydrogen-bond donors (Lipinski definition) is 2. The number of hydrogen-bond acceptors (Lipinski definition) is 4. The van der Waals surface area contributed by atoms with Gasteiger partial charge in [-0.15, -0.1) is 0 Å². The second kappa shape index (κ2) is 10.7. The minimum Gasteiger partial charge on any atom is -0.486 e. The Hall–Kier alpha value is -2.44. The van der Waals surface area contributed by atoms with Crippen molar-refractivity contribution in [2.45, 2.75) is 57.7 Å². The zero-order chi connectivity index (χ0) is 22.3. The van der Waals surface area contributed by atoms with Gasteiger partial charge in [0.05, 0.1) is 6.54 Å². The molecule has 2 atom stereocenters. The number of ether oxygens (including phenoxy) is 1. The smallest absolute Gasteiger partial charge is 0.238 e. The van der Waals surface area contributed by atoms with E-state index in [0.717, 1.165) is 24.8 Å². The Balaban J connectivity index is 1.66. The van der Waals surface area contributed by atoms with E-state index in [1.807, 2.05) is 42.2 Å². The van der Waals surface area contributed by atoms with Crippen molar-refractivity contribution in [1.82, 2.24) is 4.90 Å². The van der Waals surface area contributed by atoms with Gasteiger partial charge in [-0.25, -0.2) is 4.39 Å². The normalized spacial score (nSPS) is 21.6. The van der Waals surface area contributed by atoms with E-state index in [1.54, 1.807) is 6.07 Å². The number of amides is 1. The Morgan fingerprint density at radius 2 is 2.03 bits per heavy atom. The summed E-state index contributed by atoms with van der Waals surface area (Å²) in [4.78, 5) is 14.6. The summed E-state index contributed by atoms with van der Waals surface area (Å²) in [6.07, 6.45) is 3.90. The highest BCUT2D eigenvalue weighted by molar-refractivity contribution is 5.92. The molecule has 2 aromatic carbocycles. The Labute approximate surface area is 184 Å². The Bertz CT molecular complexity index is 861. The maximum absolute atomic E-state index is 13.5. The Morgan fingerprint density at radius 1 is 1.26 bits per heavy atom. The monoisotopic (exact) mass is 428 g/mol. The van der Waals surface area contributed by atoms with Gasteiger partial charge < -0.3 is 15.2 Å². The molecule has 2 aromatic rings. The molecular formula is C25H33FN2O3. The van der Waals surface area contributed by atoms with Crippen LogP contribution in [0, 0.1) is 12.7 Å².